The third-order valence-corrected chi connectivity index (χ3v) is 3.85. The van der Waals surface area contributed by atoms with Crippen LogP contribution in [-0.4, -0.2) is 66.4 Å². The predicted molar refractivity (Wildman–Crippen MR) is 85.2 cm³/mol. The first kappa shape index (κ1) is 17.3. The van der Waals surface area contributed by atoms with Gasteiger partial charge in [0.05, 0.1) is 18.8 Å². The average Bonchev–Trinajstić information content (AvgIpc) is 2.47. The zero-order valence-electron chi connectivity index (χ0n) is 13.5. The van der Waals surface area contributed by atoms with Crippen molar-refractivity contribution in [3.05, 3.63) is 35.6 Å². The van der Waals surface area contributed by atoms with Crippen LogP contribution in [0.25, 0.3) is 0 Å². The number of halogens is 1. The lowest BCUT2D eigenvalue weighted by Gasteiger charge is -2.35. The van der Waals surface area contributed by atoms with Crippen LogP contribution in [0, 0.1) is 5.82 Å². The zero-order chi connectivity index (χ0) is 15.9. The summed E-state index contributed by atoms with van der Waals surface area (Å²) in [6.07, 6.45) is -0.282. The molecular formula is C17H27FN2O2. The number of aliphatic hydroxyl groups is 1. The largest absolute Gasteiger partial charge is 0.389 e. The van der Waals surface area contributed by atoms with Crippen LogP contribution >= 0.6 is 0 Å². The Morgan fingerprint density at radius 3 is 2.50 bits per heavy atom. The van der Waals surface area contributed by atoms with Gasteiger partial charge in [0.1, 0.15) is 5.82 Å². The molecule has 22 heavy (non-hydrogen) atoms. The minimum atomic E-state index is -0.433. The number of ether oxygens (including phenoxy) is 1. The van der Waals surface area contributed by atoms with E-state index in [0.717, 1.165) is 38.3 Å². The van der Waals surface area contributed by atoms with Crippen molar-refractivity contribution in [1.82, 2.24) is 9.80 Å². The molecule has 1 unspecified atom stereocenters. The molecule has 1 aromatic carbocycles. The van der Waals surface area contributed by atoms with Gasteiger partial charge in [0.25, 0.3) is 0 Å². The van der Waals surface area contributed by atoms with Crippen molar-refractivity contribution < 1.29 is 14.2 Å². The van der Waals surface area contributed by atoms with Gasteiger partial charge in [-0.3, -0.25) is 9.80 Å². The van der Waals surface area contributed by atoms with E-state index in [1.165, 1.54) is 6.07 Å². The van der Waals surface area contributed by atoms with Crippen molar-refractivity contribution in [2.75, 3.05) is 39.3 Å². The Morgan fingerprint density at radius 1 is 1.18 bits per heavy atom. The first-order valence-corrected chi connectivity index (χ1v) is 8.02. The molecule has 0 aliphatic carbocycles. The highest BCUT2D eigenvalue weighted by atomic mass is 19.1. The Kier molecular flexibility index (Phi) is 6.76. The summed E-state index contributed by atoms with van der Waals surface area (Å²) in [6.45, 7) is 9.49. The number of nitrogens with zero attached hydrogens (tertiary/aromatic N) is 2. The molecule has 1 atom stereocenters. The van der Waals surface area contributed by atoms with Crippen LogP contribution in [0.3, 0.4) is 0 Å². The van der Waals surface area contributed by atoms with Crippen LogP contribution in [0.2, 0.25) is 0 Å². The van der Waals surface area contributed by atoms with Gasteiger partial charge < -0.3 is 9.84 Å². The van der Waals surface area contributed by atoms with Crippen molar-refractivity contribution in [3.8, 4) is 0 Å². The van der Waals surface area contributed by atoms with E-state index in [4.69, 9.17) is 4.74 Å². The number of hydrogen-bond acceptors (Lipinski definition) is 4. The van der Waals surface area contributed by atoms with Gasteiger partial charge in [-0.2, -0.15) is 0 Å². The van der Waals surface area contributed by atoms with E-state index in [9.17, 15) is 9.50 Å². The standard InChI is InChI=1S/C17H27FN2O2/c1-14(2)22-13-17(21)12-20-8-6-19(7-9-20)11-15-4-3-5-16(18)10-15/h3-5,10,14,17,21H,6-9,11-13H2,1-2H3. The number of rotatable bonds is 7. The fourth-order valence-corrected chi connectivity index (χ4v) is 2.68. The molecule has 1 fully saturated rings. The fourth-order valence-electron chi connectivity index (χ4n) is 2.68. The number of β-amino-alcohol motifs (C(OH)–C–C–N with tert-alkyl or cyclic N) is 1. The molecule has 0 saturated carbocycles. The fraction of sp³-hybridized carbons (Fsp3) is 0.647. The van der Waals surface area contributed by atoms with Gasteiger partial charge in [-0.05, 0) is 31.5 Å². The Balaban J connectivity index is 1.69. The quantitative estimate of drug-likeness (QED) is 0.832. The molecule has 124 valence electrons. The topological polar surface area (TPSA) is 35.9 Å². The Morgan fingerprint density at radius 2 is 1.86 bits per heavy atom. The summed E-state index contributed by atoms with van der Waals surface area (Å²) in [5.41, 5.74) is 1.01. The highest BCUT2D eigenvalue weighted by Crippen LogP contribution is 2.10. The summed E-state index contributed by atoms with van der Waals surface area (Å²) >= 11 is 0. The van der Waals surface area contributed by atoms with Gasteiger partial charge in [-0.1, -0.05) is 12.1 Å². The first-order valence-electron chi connectivity index (χ1n) is 8.02. The van der Waals surface area contributed by atoms with Crippen LogP contribution in [0.5, 0.6) is 0 Å². The number of piperazine rings is 1. The van der Waals surface area contributed by atoms with E-state index in [2.05, 4.69) is 9.80 Å². The van der Waals surface area contributed by atoms with Gasteiger partial charge in [0.15, 0.2) is 0 Å². The third kappa shape index (κ3) is 6.01. The molecular weight excluding hydrogens is 283 g/mol. The molecule has 1 aromatic rings. The molecule has 5 heteroatoms. The molecule has 1 aliphatic heterocycles. The molecule has 1 saturated heterocycles. The van der Waals surface area contributed by atoms with Gasteiger partial charge >= 0.3 is 0 Å². The number of hydrogen-bond donors (Lipinski definition) is 1. The molecule has 0 spiro atoms. The zero-order valence-corrected chi connectivity index (χ0v) is 13.5. The summed E-state index contributed by atoms with van der Waals surface area (Å²) < 4.78 is 18.6. The highest BCUT2D eigenvalue weighted by Gasteiger charge is 2.19. The van der Waals surface area contributed by atoms with Gasteiger partial charge in [-0.25, -0.2) is 4.39 Å². The highest BCUT2D eigenvalue weighted by molar-refractivity contribution is 5.16. The summed E-state index contributed by atoms with van der Waals surface area (Å²) in [5.74, 6) is -0.176. The van der Waals surface area contributed by atoms with E-state index < -0.39 is 6.10 Å². The smallest absolute Gasteiger partial charge is 0.123 e. The summed E-state index contributed by atoms with van der Waals surface area (Å²) in [5, 5.41) is 9.96. The lowest BCUT2D eigenvalue weighted by Crippen LogP contribution is -2.48. The molecule has 2 rings (SSSR count). The van der Waals surface area contributed by atoms with E-state index in [-0.39, 0.29) is 11.9 Å². The Labute approximate surface area is 132 Å². The summed E-state index contributed by atoms with van der Waals surface area (Å²) in [7, 11) is 0. The molecule has 1 aliphatic rings. The van der Waals surface area contributed by atoms with Crippen LogP contribution in [-0.2, 0) is 11.3 Å². The van der Waals surface area contributed by atoms with Crippen LogP contribution < -0.4 is 0 Å². The van der Waals surface area contributed by atoms with E-state index in [0.29, 0.717) is 13.2 Å². The molecule has 0 bridgehead atoms. The Bertz CT molecular complexity index is 448. The lowest BCUT2D eigenvalue weighted by atomic mass is 10.2. The van der Waals surface area contributed by atoms with Gasteiger partial charge in [0.2, 0.25) is 0 Å². The Hall–Kier alpha value is -1.01. The van der Waals surface area contributed by atoms with E-state index >= 15 is 0 Å². The van der Waals surface area contributed by atoms with E-state index in [1.54, 1.807) is 12.1 Å². The molecule has 0 aromatic heterocycles. The van der Waals surface area contributed by atoms with E-state index in [1.807, 2.05) is 19.9 Å². The molecule has 0 radical (unpaired) electrons. The predicted octanol–water partition coefficient (Wildman–Crippen LogP) is 1.73. The third-order valence-electron chi connectivity index (χ3n) is 3.85. The SMILES string of the molecule is CC(C)OCC(O)CN1CCN(Cc2cccc(F)c2)CC1. The first-order chi connectivity index (χ1) is 10.5. The van der Waals surface area contributed by atoms with Crippen LogP contribution in [0.1, 0.15) is 19.4 Å². The van der Waals surface area contributed by atoms with Crippen molar-refractivity contribution in [2.24, 2.45) is 0 Å². The van der Waals surface area contributed by atoms with Crippen molar-refractivity contribution in [2.45, 2.75) is 32.6 Å². The van der Waals surface area contributed by atoms with Crippen molar-refractivity contribution in [3.63, 3.8) is 0 Å². The minimum absolute atomic E-state index is 0.151. The van der Waals surface area contributed by atoms with Gasteiger partial charge in [0, 0.05) is 39.3 Å². The molecule has 0 amide bonds. The van der Waals surface area contributed by atoms with Crippen LogP contribution in [0.4, 0.5) is 4.39 Å². The second-order valence-corrected chi connectivity index (χ2v) is 6.24. The average molecular weight is 310 g/mol. The molecule has 1 heterocycles. The van der Waals surface area contributed by atoms with Crippen molar-refractivity contribution in [1.29, 1.82) is 0 Å². The molecule has 4 nitrogen and oxygen atoms in total. The maximum atomic E-state index is 13.2. The minimum Gasteiger partial charge on any atom is -0.389 e. The summed E-state index contributed by atoms with van der Waals surface area (Å²) in [6, 6.07) is 6.79. The van der Waals surface area contributed by atoms with Crippen LogP contribution in [0.15, 0.2) is 24.3 Å². The van der Waals surface area contributed by atoms with Gasteiger partial charge in [-0.15, -0.1) is 0 Å². The maximum absolute atomic E-state index is 13.2. The van der Waals surface area contributed by atoms with Crippen molar-refractivity contribution >= 4 is 0 Å². The normalized spacial score (nSPS) is 18.8. The lowest BCUT2D eigenvalue weighted by molar-refractivity contribution is -0.0148. The number of benzene rings is 1. The summed E-state index contributed by atoms with van der Waals surface area (Å²) in [4.78, 5) is 4.58. The maximum Gasteiger partial charge on any atom is 0.123 e. The monoisotopic (exact) mass is 310 g/mol. The number of aliphatic hydroxyl groups excluding tert-OH is 1. The second-order valence-electron chi connectivity index (χ2n) is 6.24. The molecule has 1 N–H and O–H groups in total. The second kappa shape index (κ2) is 8.58.